The molecule has 0 aliphatic carbocycles. The largest absolute Gasteiger partial charge is 0.491 e. The van der Waals surface area contributed by atoms with E-state index in [2.05, 4.69) is 21.4 Å². The van der Waals surface area contributed by atoms with Gasteiger partial charge in [-0.25, -0.2) is 4.98 Å². The molecule has 1 saturated heterocycles. The fourth-order valence-corrected chi connectivity index (χ4v) is 3.34. The lowest BCUT2D eigenvalue weighted by Gasteiger charge is -2.36. The summed E-state index contributed by atoms with van der Waals surface area (Å²) >= 11 is 0. The lowest BCUT2D eigenvalue weighted by molar-refractivity contribution is -0.385. The van der Waals surface area contributed by atoms with Crippen LogP contribution in [0.4, 0.5) is 11.5 Å². The highest BCUT2D eigenvalue weighted by Gasteiger charge is 2.21. The highest BCUT2D eigenvalue weighted by Crippen LogP contribution is 2.20. The number of para-hydroxylation sites is 1. The van der Waals surface area contributed by atoms with Crippen LogP contribution < -0.4 is 9.64 Å². The Bertz CT molecular complexity index is 820. The summed E-state index contributed by atoms with van der Waals surface area (Å²) in [6, 6.07) is 10.9. The van der Waals surface area contributed by atoms with Crippen molar-refractivity contribution in [1.29, 1.82) is 0 Å². The summed E-state index contributed by atoms with van der Waals surface area (Å²) in [5.41, 5.74) is 1.05. The van der Waals surface area contributed by atoms with Crippen molar-refractivity contribution in [3.8, 4) is 5.75 Å². The summed E-state index contributed by atoms with van der Waals surface area (Å²) in [7, 11) is 0. The van der Waals surface area contributed by atoms with Gasteiger partial charge in [0.25, 0.3) is 5.69 Å². The Balaban J connectivity index is 1.44. The van der Waals surface area contributed by atoms with Crippen LogP contribution >= 0.6 is 0 Å². The summed E-state index contributed by atoms with van der Waals surface area (Å²) < 4.78 is 5.81. The Morgan fingerprint density at radius 2 is 2.00 bits per heavy atom. The van der Waals surface area contributed by atoms with E-state index >= 15 is 0 Å². The topological polar surface area (TPSA) is 92.0 Å². The Labute approximate surface area is 170 Å². The lowest BCUT2D eigenvalue weighted by atomic mass is 10.1. The number of anilines is 1. The molecule has 8 heteroatoms. The molecule has 0 amide bonds. The zero-order valence-electron chi connectivity index (χ0n) is 16.3. The predicted octanol–water partition coefficient (Wildman–Crippen LogP) is 2.28. The molecule has 1 unspecified atom stereocenters. The van der Waals surface area contributed by atoms with Crippen molar-refractivity contribution in [2.75, 3.05) is 44.2 Å². The van der Waals surface area contributed by atoms with E-state index in [1.807, 2.05) is 30.3 Å². The quantitative estimate of drug-likeness (QED) is 0.394. The van der Waals surface area contributed by atoms with Gasteiger partial charge < -0.3 is 14.7 Å². The molecule has 0 radical (unpaired) electrons. The molecule has 1 atom stereocenters. The van der Waals surface area contributed by atoms with E-state index < -0.39 is 11.0 Å². The van der Waals surface area contributed by atoms with Gasteiger partial charge >= 0.3 is 0 Å². The van der Waals surface area contributed by atoms with E-state index in [9.17, 15) is 15.2 Å². The second-order valence-electron chi connectivity index (χ2n) is 6.98. The molecule has 8 nitrogen and oxygen atoms in total. The number of piperazine rings is 1. The average molecular weight is 398 g/mol. The van der Waals surface area contributed by atoms with Crippen LogP contribution in [0.2, 0.25) is 0 Å². The van der Waals surface area contributed by atoms with Gasteiger partial charge in [0.2, 0.25) is 0 Å². The van der Waals surface area contributed by atoms with Crippen molar-refractivity contribution >= 4 is 11.5 Å². The van der Waals surface area contributed by atoms with Gasteiger partial charge in [-0.2, -0.15) is 0 Å². The Morgan fingerprint density at radius 1 is 1.24 bits per heavy atom. The fourth-order valence-electron chi connectivity index (χ4n) is 3.34. The van der Waals surface area contributed by atoms with Crippen LogP contribution in [0.15, 0.2) is 55.3 Å². The Kier molecular flexibility index (Phi) is 7.15. The lowest BCUT2D eigenvalue weighted by Crippen LogP contribution is -2.49. The summed E-state index contributed by atoms with van der Waals surface area (Å²) in [6.45, 7) is 7.59. The number of nitrogens with zero attached hydrogens (tertiary/aromatic N) is 4. The van der Waals surface area contributed by atoms with Crippen molar-refractivity contribution in [3.05, 3.63) is 70.9 Å². The van der Waals surface area contributed by atoms with Crippen LogP contribution in [0.5, 0.6) is 5.75 Å². The second kappa shape index (κ2) is 9.99. The number of aliphatic hydroxyl groups excluding tert-OH is 1. The summed E-state index contributed by atoms with van der Waals surface area (Å²) in [5.74, 6) is 1.51. The van der Waals surface area contributed by atoms with Gasteiger partial charge in [0, 0.05) is 38.8 Å². The number of pyridine rings is 1. The van der Waals surface area contributed by atoms with Crippen molar-refractivity contribution in [2.24, 2.45) is 0 Å². The molecule has 0 saturated carbocycles. The van der Waals surface area contributed by atoms with Crippen molar-refractivity contribution in [3.63, 3.8) is 0 Å². The van der Waals surface area contributed by atoms with Gasteiger partial charge in [-0.3, -0.25) is 15.0 Å². The van der Waals surface area contributed by atoms with Crippen LogP contribution in [0.25, 0.3) is 0 Å². The molecule has 1 aliphatic rings. The van der Waals surface area contributed by atoms with E-state index in [1.165, 1.54) is 12.3 Å². The predicted molar refractivity (Wildman–Crippen MR) is 111 cm³/mol. The molecule has 2 aromatic rings. The number of nitro groups is 1. The number of hydrogen-bond donors (Lipinski definition) is 1. The molecule has 3 rings (SSSR count). The molecule has 1 aromatic carbocycles. The molecule has 2 heterocycles. The van der Waals surface area contributed by atoms with Crippen molar-refractivity contribution in [2.45, 2.75) is 12.5 Å². The highest BCUT2D eigenvalue weighted by molar-refractivity contribution is 5.43. The number of benzene rings is 1. The Morgan fingerprint density at radius 3 is 2.66 bits per heavy atom. The maximum atomic E-state index is 10.7. The second-order valence-corrected chi connectivity index (χ2v) is 6.98. The zero-order valence-corrected chi connectivity index (χ0v) is 16.3. The van der Waals surface area contributed by atoms with Gasteiger partial charge in [0.05, 0.1) is 4.92 Å². The minimum atomic E-state index is -0.587. The van der Waals surface area contributed by atoms with Crippen LogP contribution in [0.1, 0.15) is 5.56 Å². The Hall–Kier alpha value is -2.97. The molecule has 0 spiro atoms. The number of aromatic nitrogens is 1. The van der Waals surface area contributed by atoms with E-state index in [-0.39, 0.29) is 12.3 Å². The summed E-state index contributed by atoms with van der Waals surface area (Å²) in [6.07, 6.45) is 3.26. The van der Waals surface area contributed by atoms with Gasteiger partial charge in [0.1, 0.15) is 30.5 Å². The highest BCUT2D eigenvalue weighted by atomic mass is 16.6. The fraction of sp³-hybridized carbons (Fsp3) is 0.381. The van der Waals surface area contributed by atoms with Gasteiger partial charge in [-0.05, 0) is 24.1 Å². The monoisotopic (exact) mass is 398 g/mol. The van der Waals surface area contributed by atoms with E-state index in [0.717, 1.165) is 49.7 Å². The number of hydrogen-bond acceptors (Lipinski definition) is 7. The first kappa shape index (κ1) is 20.8. The van der Waals surface area contributed by atoms with E-state index in [4.69, 9.17) is 4.74 Å². The van der Waals surface area contributed by atoms with Crippen LogP contribution in [-0.4, -0.2) is 65.3 Å². The number of allylic oxidation sites excluding steroid dienone is 1. The molecular weight excluding hydrogens is 372 g/mol. The number of aliphatic hydroxyl groups is 1. The van der Waals surface area contributed by atoms with E-state index in [0.29, 0.717) is 6.54 Å². The maximum Gasteiger partial charge on any atom is 0.287 e. The third-order valence-electron chi connectivity index (χ3n) is 4.88. The molecule has 154 valence electrons. The first-order chi connectivity index (χ1) is 14.1. The number of β-amino-alcohol motifs (C(OH)–C–C–N with tert-alkyl or cyclic N) is 1. The van der Waals surface area contributed by atoms with Gasteiger partial charge in [-0.15, -0.1) is 6.58 Å². The first-order valence-corrected chi connectivity index (χ1v) is 9.64. The molecule has 0 bridgehead atoms. The number of rotatable bonds is 9. The minimum absolute atomic E-state index is 0.00910. The molecular formula is C21H26N4O4. The maximum absolute atomic E-state index is 10.7. The van der Waals surface area contributed by atoms with Gasteiger partial charge in [-0.1, -0.05) is 24.3 Å². The van der Waals surface area contributed by atoms with Crippen molar-refractivity contribution < 1.29 is 14.8 Å². The minimum Gasteiger partial charge on any atom is -0.491 e. The smallest absolute Gasteiger partial charge is 0.287 e. The molecule has 1 aliphatic heterocycles. The summed E-state index contributed by atoms with van der Waals surface area (Å²) in [4.78, 5) is 18.7. The van der Waals surface area contributed by atoms with Crippen molar-refractivity contribution in [1.82, 2.24) is 9.88 Å². The zero-order chi connectivity index (χ0) is 20.6. The van der Waals surface area contributed by atoms with Crippen LogP contribution in [0, 0.1) is 10.1 Å². The average Bonchev–Trinajstić information content (AvgIpc) is 2.74. The normalized spacial score (nSPS) is 15.7. The van der Waals surface area contributed by atoms with Crippen LogP contribution in [-0.2, 0) is 6.42 Å². The molecule has 29 heavy (non-hydrogen) atoms. The van der Waals surface area contributed by atoms with E-state index in [1.54, 1.807) is 6.07 Å². The third kappa shape index (κ3) is 5.75. The first-order valence-electron chi connectivity index (χ1n) is 9.64. The summed E-state index contributed by atoms with van der Waals surface area (Å²) in [5, 5.41) is 21.1. The molecule has 1 N–H and O–H groups in total. The van der Waals surface area contributed by atoms with Crippen LogP contribution in [0.3, 0.4) is 0 Å². The van der Waals surface area contributed by atoms with Gasteiger partial charge in [0.15, 0.2) is 0 Å². The molecule has 1 aromatic heterocycles. The third-order valence-corrected chi connectivity index (χ3v) is 4.88. The SMILES string of the molecule is C=CCc1ccccc1OCC(O)CN1CCN(c2ccc([N+](=O)[O-])cn2)CC1. The standard InChI is InChI=1S/C21H26N4O4/c1-2-5-17-6-3-4-7-20(17)29-16-19(26)15-23-10-12-24(13-11-23)21-9-8-18(14-22-21)25(27)28/h2-4,6-9,14,19,26H,1,5,10-13,15-16H2. The number of ether oxygens (including phenoxy) is 1. The molecule has 1 fully saturated rings.